The smallest absolute Gasteiger partial charge is 0.159 e. The van der Waals surface area contributed by atoms with E-state index in [9.17, 15) is 17.6 Å². The molecule has 164 valence electrons. The van der Waals surface area contributed by atoms with E-state index in [1.807, 2.05) is 19.1 Å². The fourth-order valence-electron chi connectivity index (χ4n) is 3.65. The van der Waals surface area contributed by atoms with E-state index in [0.29, 0.717) is 39.4 Å². The number of allylic oxidation sites excluding steroid dienone is 2. The van der Waals surface area contributed by atoms with Crippen LogP contribution >= 0.6 is 0 Å². The lowest BCUT2D eigenvalue weighted by Crippen LogP contribution is -1.95. The van der Waals surface area contributed by atoms with Crippen molar-refractivity contribution in [3.8, 4) is 23.0 Å². The maximum absolute atomic E-state index is 14.6. The zero-order chi connectivity index (χ0) is 23.4. The van der Waals surface area contributed by atoms with Gasteiger partial charge in [0.1, 0.15) is 11.6 Å². The van der Waals surface area contributed by atoms with Crippen LogP contribution in [0.25, 0.3) is 21.9 Å². The van der Waals surface area contributed by atoms with Crippen LogP contribution in [-0.2, 0) is 6.42 Å². The molecule has 0 nitrogen and oxygen atoms in total. The third-order valence-electron chi connectivity index (χ3n) is 5.34. The van der Waals surface area contributed by atoms with Crippen LogP contribution in [0.5, 0.6) is 0 Å². The van der Waals surface area contributed by atoms with Gasteiger partial charge in [-0.05, 0) is 90.2 Å². The van der Waals surface area contributed by atoms with E-state index >= 15 is 0 Å². The molecule has 4 rings (SSSR count). The Labute approximate surface area is 190 Å². The number of fused-ring (bicyclic) bond motifs is 1. The highest BCUT2D eigenvalue weighted by atomic mass is 19.2. The first-order valence-electron chi connectivity index (χ1n) is 10.5. The molecule has 0 atom stereocenters. The van der Waals surface area contributed by atoms with Gasteiger partial charge in [0.05, 0.1) is 5.56 Å². The summed E-state index contributed by atoms with van der Waals surface area (Å²) in [5, 5.41) is 1.14. The highest BCUT2D eigenvalue weighted by Gasteiger charge is 2.13. The summed E-state index contributed by atoms with van der Waals surface area (Å²) in [5.74, 6) is 2.98. The van der Waals surface area contributed by atoms with Crippen LogP contribution in [-0.4, -0.2) is 0 Å². The molecule has 0 fully saturated rings. The molecule has 0 saturated heterocycles. The number of aryl methyl sites for hydroxylation is 1. The van der Waals surface area contributed by atoms with Crippen molar-refractivity contribution in [2.45, 2.75) is 19.8 Å². The Balaban J connectivity index is 1.56. The molecular weight excluding hydrogens is 424 g/mol. The quantitative estimate of drug-likeness (QED) is 0.170. The zero-order valence-electron chi connectivity index (χ0n) is 17.9. The number of hydrogen-bond donors (Lipinski definition) is 0. The van der Waals surface area contributed by atoms with E-state index < -0.39 is 23.3 Å². The molecule has 0 N–H and O–H groups in total. The first kappa shape index (κ1) is 22.4. The van der Waals surface area contributed by atoms with Crippen LogP contribution in [0.3, 0.4) is 0 Å². The molecule has 4 aromatic carbocycles. The minimum absolute atomic E-state index is 0.0620. The molecule has 0 spiro atoms. The zero-order valence-corrected chi connectivity index (χ0v) is 17.9. The highest BCUT2D eigenvalue weighted by molar-refractivity contribution is 5.84. The van der Waals surface area contributed by atoms with Crippen molar-refractivity contribution in [3.05, 3.63) is 119 Å². The average molecular weight is 444 g/mol. The van der Waals surface area contributed by atoms with Crippen LogP contribution in [0.4, 0.5) is 17.6 Å². The molecule has 0 aromatic heterocycles. The van der Waals surface area contributed by atoms with Gasteiger partial charge in [0.25, 0.3) is 0 Å². The summed E-state index contributed by atoms with van der Waals surface area (Å²) in [6.07, 6.45) is 5.17. The maximum atomic E-state index is 14.6. The lowest BCUT2D eigenvalue weighted by atomic mass is 9.99. The third kappa shape index (κ3) is 5.15. The first-order chi connectivity index (χ1) is 15.9. The fraction of sp³-hybridized carbons (Fsp3) is 0.103. The first-order valence-corrected chi connectivity index (χ1v) is 10.5. The van der Waals surface area contributed by atoms with Crippen LogP contribution in [0.2, 0.25) is 0 Å². The van der Waals surface area contributed by atoms with Crippen LogP contribution in [0.1, 0.15) is 30.0 Å². The van der Waals surface area contributed by atoms with E-state index in [1.165, 1.54) is 12.1 Å². The standard InChI is InChI=1S/C29H20F4/c1-2-3-4-5-21-15-27(32)29(28(33)16-21)22-11-8-19(9-12-22)6-7-20-10-13-23-17-25(30)26(31)18-24(23)14-20/h2-3,8-18H,4-5H2,1H3/b3-2+. The van der Waals surface area contributed by atoms with Gasteiger partial charge in [0, 0.05) is 11.1 Å². The predicted molar refractivity (Wildman–Crippen MR) is 125 cm³/mol. The minimum Gasteiger partial charge on any atom is -0.206 e. The van der Waals surface area contributed by atoms with Crippen molar-refractivity contribution in [2.24, 2.45) is 0 Å². The molecule has 0 aliphatic heterocycles. The van der Waals surface area contributed by atoms with Gasteiger partial charge in [-0.3, -0.25) is 0 Å². The second kappa shape index (κ2) is 9.75. The molecule has 0 amide bonds. The molecule has 0 unspecified atom stereocenters. The van der Waals surface area contributed by atoms with Gasteiger partial charge in [-0.25, -0.2) is 17.6 Å². The Morgan fingerprint density at radius 1 is 0.667 bits per heavy atom. The van der Waals surface area contributed by atoms with Crippen molar-refractivity contribution < 1.29 is 17.6 Å². The summed E-state index contributed by atoms with van der Waals surface area (Å²) in [4.78, 5) is 0. The second-order valence-corrected chi connectivity index (χ2v) is 7.70. The summed E-state index contributed by atoms with van der Waals surface area (Å²) < 4.78 is 56.1. The van der Waals surface area contributed by atoms with Crippen LogP contribution in [0, 0.1) is 35.1 Å². The fourth-order valence-corrected chi connectivity index (χ4v) is 3.65. The van der Waals surface area contributed by atoms with Gasteiger partial charge < -0.3 is 0 Å². The van der Waals surface area contributed by atoms with E-state index in [4.69, 9.17) is 0 Å². The topological polar surface area (TPSA) is 0 Å². The Bertz CT molecular complexity index is 1380. The third-order valence-corrected chi connectivity index (χ3v) is 5.34. The van der Waals surface area contributed by atoms with Crippen molar-refractivity contribution in [1.29, 1.82) is 0 Å². The molecule has 0 aliphatic rings. The molecule has 33 heavy (non-hydrogen) atoms. The molecule has 0 bridgehead atoms. The van der Waals surface area contributed by atoms with Crippen molar-refractivity contribution >= 4 is 10.8 Å². The van der Waals surface area contributed by atoms with Crippen LogP contribution in [0.15, 0.2) is 78.9 Å². The van der Waals surface area contributed by atoms with E-state index in [2.05, 4.69) is 11.8 Å². The summed E-state index contributed by atoms with van der Waals surface area (Å²) in [5.41, 5.74) is 2.29. The molecule has 0 heterocycles. The number of rotatable bonds is 4. The van der Waals surface area contributed by atoms with Gasteiger partial charge in [-0.15, -0.1) is 0 Å². The number of benzene rings is 4. The Kier molecular flexibility index (Phi) is 6.60. The van der Waals surface area contributed by atoms with Crippen molar-refractivity contribution in [3.63, 3.8) is 0 Å². The Morgan fingerprint density at radius 2 is 1.27 bits per heavy atom. The summed E-state index contributed by atoms with van der Waals surface area (Å²) in [6.45, 7) is 1.91. The highest BCUT2D eigenvalue weighted by Crippen LogP contribution is 2.28. The average Bonchev–Trinajstić information content (AvgIpc) is 2.79. The molecule has 0 saturated carbocycles. The van der Waals surface area contributed by atoms with Gasteiger partial charge in [0.15, 0.2) is 11.6 Å². The lowest BCUT2D eigenvalue weighted by molar-refractivity contribution is 0.511. The molecule has 4 heteroatoms. The maximum Gasteiger partial charge on any atom is 0.159 e. The SMILES string of the molecule is C/C=C/CCc1cc(F)c(-c2ccc(C#Cc3ccc4cc(F)c(F)cc4c3)cc2)c(F)c1. The lowest BCUT2D eigenvalue weighted by Gasteiger charge is -2.08. The summed E-state index contributed by atoms with van der Waals surface area (Å²) in [7, 11) is 0. The van der Waals surface area contributed by atoms with Crippen LogP contribution < -0.4 is 0 Å². The second-order valence-electron chi connectivity index (χ2n) is 7.70. The number of hydrogen-bond acceptors (Lipinski definition) is 0. The summed E-state index contributed by atoms with van der Waals surface area (Å²) in [6, 6.07) is 16.8. The molecular formula is C29H20F4. The normalized spacial score (nSPS) is 11.1. The molecule has 4 aromatic rings. The minimum atomic E-state index is -0.909. The molecule has 0 radical (unpaired) electrons. The summed E-state index contributed by atoms with van der Waals surface area (Å²) >= 11 is 0. The van der Waals surface area contributed by atoms with Gasteiger partial charge in [-0.1, -0.05) is 42.2 Å². The molecule has 0 aliphatic carbocycles. The Hall–Kier alpha value is -3.84. The predicted octanol–water partition coefficient (Wildman–Crippen LogP) is 7.97. The van der Waals surface area contributed by atoms with Gasteiger partial charge >= 0.3 is 0 Å². The largest absolute Gasteiger partial charge is 0.206 e. The van der Waals surface area contributed by atoms with E-state index in [0.717, 1.165) is 18.6 Å². The van der Waals surface area contributed by atoms with Crippen molar-refractivity contribution in [1.82, 2.24) is 0 Å². The van der Waals surface area contributed by atoms with E-state index in [-0.39, 0.29) is 5.56 Å². The monoisotopic (exact) mass is 444 g/mol. The van der Waals surface area contributed by atoms with E-state index in [1.54, 1.807) is 42.5 Å². The number of halogens is 4. The Morgan fingerprint density at radius 3 is 1.94 bits per heavy atom. The van der Waals surface area contributed by atoms with Gasteiger partial charge in [-0.2, -0.15) is 0 Å². The van der Waals surface area contributed by atoms with Gasteiger partial charge in [0.2, 0.25) is 0 Å². The van der Waals surface area contributed by atoms with Crippen molar-refractivity contribution in [2.75, 3.05) is 0 Å².